The molecular formula is C18H22N2S. The summed E-state index contributed by atoms with van der Waals surface area (Å²) in [6.07, 6.45) is 4.66. The highest BCUT2D eigenvalue weighted by Gasteiger charge is 2.39. The van der Waals surface area contributed by atoms with Gasteiger partial charge in [0.25, 0.3) is 0 Å². The Hall–Kier alpha value is -1.16. The maximum atomic E-state index is 6.28. The third kappa shape index (κ3) is 2.24. The van der Waals surface area contributed by atoms with Crippen molar-refractivity contribution < 1.29 is 0 Å². The van der Waals surface area contributed by atoms with Crippen LogP contribution in [0.5, 0.6) is 0 Å². The lowest BCUT2D eigenvalue weighted by atomic mass is 9.76. The highest BCUT2D eigenvalue weighted by Crippen LogP contribution is 2.36. The largest absolute Gasteiger partial charge is 0.329 e. The molecule has 0 spiro atoms. The van der Waals surface area contributed by atoms with Crippen LogP contribution in [0.25, 0.3) is 0 Å². The molecule has 1 atom stereocenters. The van der Waals surface area contributed by atoms with E-state index in [1.54, 1.807) is 4.88 Å². The average molecular weight is 298 g/mol. The quantitative estimate of drug-likeness (QED) is 0.923. The van der Waals surface area contributed by atoms with Gasteiger partial charge in [-0.1, -0.05) is 24.3 Å². The number of hydrogen-bond donors (Lipinski definition) is 1. The van der Waals surface area contributed by atoms with Crippen LogP contribution in [-0.2, 0) is 25.8 Å². The normalized spacial score (nSPS) is 25.4. The monoisotopic (exact) mass is 298 g/mol. The van der Waals surface area contributed by atoms with Crippen molar-refractivity contribution in [3.8, 4) is 0 Å². The maximum absolute atomic E-state index is 6.28. The number of thiophene rings is 1. The van der Waals surface area contributed by atoms with Crippen LogP contribution in [0.15, 0.2) is 35.7 Å². The maximum Gasteiger partial charge on any atom is 0.0378 e. The molecule has 2 aromatic rings. The number of hydrogen-bond acceptors (Lipinski definition) is 3. The second-order valence-electron chi connectivity index (χ2n) is 6.41. The molecule has 1 aliphatic carbocycles. The second kappa shape index (κ2) is 5.24. The van der Waals surface area contributed by atoms with Crippen LogP contribution in [-0.4, -0.2) is 23.5 Å². The molecule has 0 bridgehead atoms. The first-order chi connectivity index (χ1) is 10.3. The summed E-state index contributed by atoms with van der Waals surface area (Å²) < 4.78 is 0. The molecule has 3 heteroatoms. The first-order valence-electron chi connectivity index (χ1n) is 7.88. The van der Waals surface area contributed by atoms with Gasteiger partial charge in [-0.3, -0.25) is 4.90 Å². The average Bonchev–Trinajstić information content (AvgIpc) is 3.02. The highest BCUT2D eigenvalue weighted by molar-refractivity contribution is 7.10. The predicted molar refractivity (Wildman–Crippen MR) is 88.7 cm³/mol. The third-order valence-corrected chi connectivity index (χ3v) is 6.38. The number of fused-ring (bicyclic) bond motifs is 2. The smallest absolute Gasteiger partial charge is 0.0378 e. The van der Waals surface area contributed by atoms with E-state index in [0.717, 1.165) is 26.1 Å². The number of aryl methyl sites for hydroxylation is 1. The van der Waals surface area contributed by atoms with E-state index in [1.165, 1.54) is 36.0 Å². The Labute approximate surface area is 130 Å². The van der Waals surface area contributed by atoms with Crippen molar-refractivity contribution in [3.05, 3.63) is 57.3 Å². The van der Waals surface area contributed by atoms with E-state index in [9.17, 15) is 0 Å². The molecule has 110 valence electrons. The summed E-state index contributed by atoms with van der Waals surface area (Å²) >= 11 is 1.91. The van der Waals surface area contributed by atoms with Crippen LogP contribution in [0.3, 0.4) is 0 Å². The second-order valence-corrected chi connectivity index (χ2v) is 7.42. The van der Waals surface area contributed by atoms with Gasteiger partial charge in [0.05, 0.1) is 0 Å². The molecule has 2 nitrogen and oxygen atoms in total. The Morgan fingerprint density at radius 1 is 1.10 bits per heavy atom. The Morgan fingerprint density at radius 2 is 1.95 bits per heavy atom. The summed E-state index contributed by atoms with van der Waals surface area (Å²) in [5.74, 6) is 0. The number of nitrogens with two attached hydrogens (primary N) is 1. The minimum atomic E-state index is 0.161. The Kier molecular flexibility index (Phi) is 3.37. The van der Waals surface area contributed by atoms with Gasteiger partial charge in [0, 0.05) is 30.1 Å². The summed E-state index contributed by atoms with van der Waals surface area (Å²) in [5.41, 5.74) is 11.0. The molecule has 2 N–H and O–H groups in total. The molecule has 21 heavy (non-hydrogen) atoms. The van der Waals surface area contributed by atoms with Gasteiger partial charge in [0.15, 0.2) is 0 Å². The minimum Gasteiger partial charge on any atom is -0.329 e. The molecule has 0 radical (unpaired) electrons. The van der Waals surface area contributed by atoms with Crippen LogP contribution >= 0.6 is 11.3 Å². The van der Waals surface area contributed by atoms with E-state index in [0.29, 0.717) is 0 Å². The van der Waals surface area contributed by atoms with Gasteiger partial charge in [-0.05, 0) is 53.8 Å². The molecular weight excluding hydrogens is 276 g/mol. The molecule has 1 unspecified atom stereocenters. The molecule has 1 aromatic heterocycles. The van der Waals surface area contributed by atoms with Crippen LogP contribution in [0, 0.1) is 0 Å². The van der Waals surface area contributed by atoms with E-state index >= 15 is 0 Å². The number of nitrogens with zero attached hydrogens (tertiary/aromatic N) is 1. The molecule has 4 rings (SSSR count). The molecule has 2 aliphatic rings. The van der Waals surface area contributed by atoms with Crippen LogP contribution in [0.1, 0.15) is 28.0 Å². The van der Waals surface area contributed by atoms with E-state index in [2.05, 4.69) is 40.6 Å². The van der Waals surface area contributed by atoms with Gasteiger partial charge in [-0.15, -0.1) is 11.3 Å². The molecule has 1 aliphatic heterocycles. The minimum absolute atomic E-state index is 0.161. The Morgan fingerprint density at radius 3 is 2.81 bits per heavy atom. The van der Waals surface area contributed by atoms with Gasteiger partial charge in [0.2, 0.25) is 0 Å². The van der Waals surface area contributed by atoms with Gasteiger partial charge >= 0.3 is 0 Å². The summed E-state index contributed by atoms with van der Waals surface area (Å²) in [7, 11) is 0. The van der Waals surface area contributed by atoms with Crippen LogP contribution in [0.4, 0.5) is 0 Å². The highest BCUT2D eigenvalue weighted by atomic mass is 32.1. The molecule has 0 saturated carbocycles. The molecule has 0 amide bonds. The van der Waals surface area contributed by atoms with Crippen LogP contribution < -0.4 is 5.73 Å². The van der Waals surface area contributed by atoms with Crippen molar-refractivity contribution in [1.29, 1.82) is 0 Å². The summed E-state index contributed by atoms with van der Waals surface area (Å²) in [6.45, 7) is 3.01. The van der Waals surface area contributed by atoms with E-state index < -0.39 is 0 Å². The van der Waals surface area contributed by atoms with Crippen LogP contribution in [0.2, 0.25) is 0 Å². The predicted octanol–water partition coefficient (Wildman–Crippen LogP) is 2.99. The fourth-order valence-electron chi connectivity index (χ4n) is 4.01. The molecule has 0 fully saturated rings. The lowest BCUT2D eigenvalue weighted by Gasteiger charge is -2.48. The first kappa shape index (κ1) is 13.5. The van der Waals surface area contributed by atoms with Crippen molar-refractivity contribution in [2.45, 2.75) is 37.8 Å². The lowest BCUT2D eigenvalue weighted by molar-refractivity contribution is 0.0663. The SMILES string of the molecule is NCC1(N2CCc3sccc3C2)CCc2ccccc2C1. The van der Waals surface area contributed by atoms with Crippen molar-refractivity contribution in [1.82, 2.24) is 4.90 Å². The zero-order valence-electron chi connectivity index (χ0n) is 12.3. The summed E-state index contributed by atoms with van der Waals surface area (Å²) in [4.78, 5) is 4.24. The zero-order valence-corrected chi connectivity index (χ0v) is 13.2. The fourth-order valence-corrected chi connectivity index (χ4v) is 4.90. The van der Waals surface area contributed by atoms with Gasteiger partial charge < -0.3 is 5.73 Å². The first-order valence-corrected chi connectivity index (χ1v) is 8.76. The van der Waals surface area contributed by atoms with E-state index in [-0.39, 0.29) is 5.54 Å². The van der Waals surface area contributed by atoms with Crippen molar-refractivity contribution in [2.75, 3.05) is 13.1 Å². The molecule has 0 saturated heterocycles. The van der Waals surface area contributed by atoms with Crippen molar-refractivity contribution in [2.24, 2.45) is 5.73 Å². The Balaban J connectivity index is 1.64. The number of benzene rings is 1. The van der Waals surface area contributed by atoms with Gasteiger partial charge in [-0.25, -0.2) is 0 Å². The fraction of sp³-hybridized carbons (Fsp3) is 0.444. The van der Waals surface area contributed by atoms with E-state index in [1.807, 2.05) is 11.3 Å². The summed E-state index contributed by atoms with van der Waals surface area (Å²) in [6, 6.07) is 11.2. The standard InChI is InChI=1S/C18H22N2S/c19-13-18(8-5-14-3-1-2-4-15(14)11-18)20-9-6-17-16(12-20)7-10-21-17/h1-4,7,10H,5-6,8-9,11-13,19H2. The van der Waals surface area contributed by atoms with Crippen molar-refractivity contribution >= 4 is 11.3 Å². The zero-order chi connectivity index (χ0) is 14.3. The van der Waals surface area contributed by atoms with Gasteiger partial charge in [-0.2, -0.15) is 0 Å². The number of rotatable bonds is 2. The topological polar surface area (TPSA) is 29.3 Å². The van der Waals surface area contributed by atoms with Gasteiger partial charge in [0.1, 0.15) is 0 Å². The molecule has 1 aromatic carbocycles. The van der Waals surface area contributed by atoms with Crippen molar-refractivity contribution in [3.63, 3.8) is 0 Å². The van der Waals surface area contributed by atoms with E-state index in [4.69, 9.17) is 5.73 Å². The molecule has 2 heterocycles. The summed E-state index contributed by atoms with van der Waals surface area (Å²) in [5, 5.41) is 2.24. The lowest BCUT2D eigenvalue weighted by Crippen LogP contribution is -2.58. The third-order valence-electron chi connectivity index (χ3n) is 5.36. The Bertz CT molecular complexity index is 648.